The summed E-state index contributed by atoms with van der Waals surface area (Å²) in [6.07, 6.45) is 3.50. The predicted octanol–water partition coefficient (Wildman–Crippen LogP) is 7.06. The fourth-order valence-electron chi connectivity index (χ4n) is 3.64. The third-order valence-corrected chi connectivity index (χ3v) is 7.66. The average molecular weight is 521 g/mol. The summed E-state index contributed by atoms with van der Waals surface area (Å²) < 4.78 is 6.89. The van der Waals surface area contributed by atoms with Crippen molar-refractivity contribution in [3.05, 3.63) is 97.8 Å². The van der Waals surface area contributed by atoms with Crippen LogP contribution in [0.5, 0.6) is 5.75 Å². The van der Waals surface area contributed by atoms with Crippen molar-refractivity contribution in [3.63, 3.8) is 0 Å². The fourth-order valence-corrected chi connectivity index (χ4v) is 5.96. The molecule has 5 rings (SSSR count). The lowest BCUT2D eigenvalue weighted by atomic mass is 10.0. The molecule has 4 aromatic rings. The molecule has 7 heteroatoms. The summed E-state index contributed by atoms with van der Waals surface area (Å²) in [5.41, 5.74) is 2.00. The van der Waals surface area contributed by atoms with Gasteiger partial charge in [0.2, 0.25) is 0 Å². The van der Waals surface area contributed by atoms with E-state index in [1.165, 1.54) is 33.9 Å². The molecule has 2 heterocycles. The molecule has 1 aromatic heterocycles. The zero-order valence-electron chi connectivity index (χ0n) is 16.7. The average Bonchev–Trinajstić information content (AvgIpc) is 3.41. The molecule has 3 aromatic carbocycles. The van der Waals surface area contributed by atoms with Crippen molar-refractivity contribution >= 4 is 66.7 Å². The molecule has 0 aliphatic carbocycles. The number of allylic oxidation sites excluding steroid dienone is 1. The Balaban J connectivity index is 1.33. The monoisotopic (exact) mass is 520 g/mol. The number of carbonyl (C=O) groups is 1. The Morgan fingerprint density at radius 3 is 2.78 bits per heavy atom. The molecule has 1 fully saturated rings. The molecule has 0 bridgehead atoms. The maximum absolute atomic E-state index is 12.8. The zero-order chi connectivity index (χ0) is 22.1. The highest BCUT2D eigenvalue weighted by Gasteiger charge is 2.38. The topological polar surface area (TPSA) is 63.0 Å². The largest absolute Gasteiger partial charge is 0.488 e. The number of nitrogens with zero attached hydrogens (tertiary/aromatic N) is 1. The quantitative estimate of drug-likeness (QED) is 0.286. The Bertz CT molecular complexity index is 1360. The first-order chi connectivity index (χ1) is 15.6. The van der Waals surface area contributed by atoms with Gasteiger partial charge < -0.3 is 4.74 Å². The second-order valence-electron chi connectivity index (χ2n) is 7.26. The molecule has 32 heavy (non-hydrogen) atoms. The molecule has 0 unspecified atom stereocenters. The minimum Gasteiger partial charge on any atom is -0.488 e. The van der Waals surface area contributed by atoms with Crippen molar-refractivity contribution < 1.29 is 9.53 Å². The van der Waals surface area contributed by atoms with Gasteiger partial charge in [0.05, 0.1) is 14.4 Å². The van der Waals surface area contributed by atoms with Crippen molar-refractivity contribution in [1.29, 1.82) is 5.41 Å². The van der Waals surface area contributed by atoms with E-state index in [-0.39, 0.29) is 5.78 Å². The van der Waals surface area contributed by atoms with Crippen molar-refractivity contribution in [2.24, 2.45) is 0 Å². The molecule has 1 saturated heterocycles. The van der Waals surface area contributed by atoms with Crippen LogP contribution in [0.4, 0.5) is 0 Å². The predicted molar refractivity (Wildman–Crippen MR) is 136 cm³/mol. The van der Waals surface area contributed by atoms with Gasteiger partial charge >= 0.3 is 0 Å². The third kappa shape index (κ3) is 4.16. The second kappa shape index (κ2) is 9.02. The first kappa shape index (κ1) is 21.1. The Morgan fingerprint density at radius 1 is 1.12 bits per heavy atom. The van der Waals surface area contributed by atoms with Crippen LogP contribution in [0.1, 0.15) is 22.1 Å². The van der Waals surface area contributed by atoms with Gasteiger partial charge in [0.25, 0.3) is 0 Å². The first-order valence-corrected chi connectivity index (χ1v) is 12.4. The number of hydrogen-bond donors (Lipinski definition) is 1. The summed E-state index contributed by atoms with van der Waals surface area (Å²) in [5, 5.41) is 13.4. The van der Waals surface area contributed by atoms with Crippen LogP contribution in [-0.2, 0) is 11.4 Å². The van der Waals surface area contributed by atoms with E-state index in [0.717, 1.165) is 21.3 Å². The molecule has 1 aliphatic rings. The standard InChI is InChI=1S/C25H17BrN2O2S2/c26-19-12-15(13-21-23(29)22(24(27)32-21)25-28-10-11-31-25)8-9-20(19)30-14-17-6-3-5-16-4-1-2-7-18(16)17/h1-13,22,27H,14H2/b21-13-,27-24?/t22-/m1/s1. The third-order valence-electron chi connectivity index (χ3n) is 5.20. The highest BCUT2D eigenvalue weighted by Crippen LogP contribution is 2.41. The van der Waals surface area contributed by atoms with Crippen molar-refractivity contribution in [1.82, 2.24) is 4.98 Å². The Morgan fingerprint density at radius 2 is 1.97 bits per heavy atom. The van der Waals surface area contributed by atoms with Gasteiger partial charge in [0, 0.05) is 11.6 Å². The number of halogens is 1. The van der Waals surface area contributed by atoms with Gasteiger partial charge in [-0.25, -0.2) is 4.98 Å². The highest BCUT2D eigenvalue weighted by molar-refractivity contribution is 9.10. The van der Waals surface area contributed by atoms with Crippen LogP contribution in [0.25, 0.3) is 16.8 Å². The number of carbonyl (C=O) groups excluding carboxylic acids is 1. The maximum atomic E-state index is 12.8. The minimum absolute atomic E-state index is 0.0673. The number of thiazole rings is 1. The normalized spacial score (nSPS) is 17.4. The van der Waals surface area contributed by atoms with E-state index in [9.17, 15) is 4.79 Å². The number of fused-ring (bicyclic) bond motifs is 1. The summed E-state index contributed by atoms with van der Waals surface area (Å²) in [6, 6.07) is 20.2. The number of ketones is 1. The zero-order valence-corrected chi connectivity index (χ0v) is 20.0. The summed E-state index contributed by atoms with van der Waals surface area (Å²) in [4.78, 5) is 17.6. The SMILES string of the molecule is N=C1S/C(=C\c2ccc(OCc3cccc4ccccc34)c(Br)c2)C(=O)[C@H]1c1nccs1. The number of aromatic nitrogens is 1. The molecule has 0 spiro atoms. The van der Waals surface area contributed by atoms with Crippen molar-refractivity contribution in [2.75, 3.05) is 0 Å². The van der Waals surface area contributed by atoms with E-state index in [0.29, 0.717) is 21.6 Å². The lowest BCUT2D eigenvalue weighted by molar-refractivity contribution is -0.114. The molecule has 0 amide bonds. The molecule has 158 valence electrons. The van der Waals surface area contributed by atoms with Crippen molar-refractivity contribution in [3.8, 4) is 5.75 Å². The van der Waals surface area contributed by atoms with Gasteiger partial charge in [-0.2, -0.15) is 0 Å². The highest BCUT2D eigenvalue weighted by atomic mass is 79.9. The lowest BCUT2D eigenvalue weighted by Crippen LogP contribution is -2.11. The van der Waals surface area contributed by atoms with E-state index in [1.807, 2.05) is 47.9 Å². The summed E-state index contributed by atoms with van der Waals surface area (Å²) in [7, 11) is 0. The second-order valence-corrected chi connectivity index (χ2v) is 10.1. The number of rotatable bonds is 5. The molecule has 1 N–H and O–H groups in total. The van der Waals surface area contributed by atoms with Crippen LogP contribution in [-0.4, -0.2) is 15.8 Å². The number of Topliss-reactive ketones (excluding diaryl/α,β-unsaturated/α-hetero) is 1. The van der Waals surface area contributed by atoms with Crippen LogP contribution < -0.4 is 4.74 Å². The summed E-state index contributed by atoms with van der Waals surface area (Å²) >= 11 is 6.21. The van der Waals surface area contributed by atoms with Gasteiger partial charge in [0.15, 0.2) is 5.78 Å². The molecule has 1 atom stereocenters. The smallest absolute Gasteiger partial charge is 0.186 e. The van der Waals surface area contributed by atoms with Gasteiger partial charge in [-0.05, 0) is 56.0 Å². The molecular formula is C25H17BrN2O2S2. The lowest BCUT2D eigenvalue weighted by Gasteiger charge is -2.11. The molecule has 4 nitrogen and oxygen atoms in total. The van der Waals surface area contributed by atoms with Gasteiger partial charge in [-0.3, -0.25) is 10.2 Å². The molecule has 0 saturated carbocycles. The number of benzene rings is 3. The van der Waals surface area contributed by atoms with E-state index in [4.69, 9.17) is 10.1 Å². The Hall–Kier alpha value is -2.74. The number of hydrogen-bond acceptors (Lipinski definition) is 6. The van der Waals surface area contributed by atoms with Crippen LogP contribution >= 0.6 is 39.0 Å². The number of nitrogens with one attached hydrogen (secondary N) is 1. The van der Waals surface area contributed by atoms with Crippen LogP contribution in [0.3, 0.4) is 0 Å². The number of ether oxygens (including phenoxy) is 1. The Labute approximate surface area is 202 Å². The molecule has 1 aliphatic heterocycles. The summed E-state index contributed by atoms with van der Waals surface area (Å²) in [5.74, 6) is 0.0965. The minimum atomic E-state index is -0.571. The van der Waals surface area contributed by atoms with Gasteiger partial charge in [-0.1, -0.05) is 60.3 Å². The van der Waals surface area contributed by atoms with Crippen LogP contribution in [0.2, 0.25) is 0 Å². The Kier molecular flexibility index (Phi) is 5.95. The van der Waals surface area contributed by atoms with Crippen LogP contribution in [0, 0.1) is 5.41 Å². The maximum Gasteiger partial charge on any atom is 0.186 e. The fraction of sp³-hybridized carbons (Fsp3) is 0.0800. The van der Waals surface area contributed by atoms with Gasteiger partial charge in [-0.15, -0.1) is 11.3 Å². The van der Waals surface area contributed by atoms with E-state index >= 15 is 0 Å². The van der Waals surface area contributed by atoms with E-state index < -0.39 is 5.92 Å². The summed E-state index contributed by atoms with van der Waals surface area (Å²) in [6.45, 7) is 0.460. The van der Waals surface area contributed by atoms with E-state index in [1.54, 1.807) is 6.20 Å². The van der Waals surface area contributed by atoms with Crippen LogP contribution in [0.15, 0.2) is 81.6 Å². The number of thioether (sulfide) groups is 1. The molecular weight excluding hydrogens is 504 g/mol. The molecule has 0 radical (unpaired) electrons. The van der Waals surface area contributed by atoms with E-state index in [2.05, 4.69) is 45.2 Å². The van der Waals surface area contributed by atoms with Crippen molar-refractivity contribution in [2.45, 2.75) is 12.5 Å². The van der Waals surface area contributed by atoms with Gasteiger partial charge in [0.1, 0.15) is 23.3 Å². The first-order valence-electron chi connectivity index (χ1n) is 9.91.